The Morgan fingerprint density at radius 2 is 1.57 bits per heavy atom. The van der Waals surface area contributed by atoms with Crippen molar-refractivity contribution in [3.05, 3.63) is 161 Å². The maximum Gasteiger partial charge on any atom is 0.241 e. The molecule has 5 aromatic rings. The molecule has 1 amide bonds. The summed E-state index contributed by atoms with van der Waals surface area (Å²) >= 11 is 0. The Hall–Kier alpha value is -4.72. The van der Waals surface area contributed by atoms with Crippen LogP contribution < -0.4 is 10.0 Å². The molecule has 5 aromatic carbocycles. The molecule has 2 heterocycles. The van der Waals surface area contributed by atoms with Gasteiger partial charge >= 0.3 is 0 Å². The van der Waals surface area contributed by atoms with E-state index in [0.717, 1.165) is 70.4 Å². The smallest absolute Gasteiger partial charge is 0.241 e. The summed E-state index contributed by atoms with van der Waals surface area (Å²) in [6.45, 7) is 4.58. The number of aliphatic hydroxyl groups excluding tert-OH is 1. The Labute approximate surface area is 342 Å². The van der Waals surface area contributed by atoms with Gasteiger partial charge in [-0.3, -0.25) is 9.69 Å². The largest absolute Gasteiger partial charge is 0.392 e. The van der Waals surface area contributed by atoms with Crippen molar-refractivity contribution in [1.29, 1.82) is 0 Å². The van der Waals surface area contributed by atoms with Crippen molar-refractivity contribution < 1.29 is 32.5 Å². The third-order valence-electron chi connectivity index (χ3n) is 11.0. The molecule has 5 unspecified atom stereocenters. The van der Waals surface area contributed by atoms with Gasteiger partial charge < -0.3 is 24.6 Å². The number of aryl methyl sites for hydroxylation is 1. The van der Waals surface area contributed by atoms with Gasteiger partial charge in [0.25, 0.3) is 0 Å². The van der Waals surface area contributed by atoms with E-state index in [-0.39, 0.29) is 36.7 Å². The van der Waals surface area contributed by atoms with Crippen LogP contribution in [-0.4, -0.2) is 69.3 Å². The molecular formula is C47H53N3O7S. The van der Waals surface area contributed by atoms with Crippen LogP contribution in [0.4, 0.5) is 0 Å². The van der Waals surface area contributed by atoms with Gasteiger partial charge in [0.05, 0.1) is 30.3 Å². The maximum absolute atomic E-state index is 13.7. The number of sulfonamides is 1. The predicted molar refractivity (Wildman–Crippen MR) is 224 cm³/mol. The lowest BCUT2D eigenvalue weighted by Gasteiger charge is -2.39. The standard InChI is InChI=1S/C47H53N3O7S/c1-33-16-22-43(23-17-33)58(53,54)49-44(26-34-9-4-3-5-10-34)46(52)48-29-36-11-6-12-38(25-36)39-13-7-14-40(27-39)47-56-42(30-50-24-8-15-41(50)32-55-2)28-45(57-47)37-20-18-35(31-51)19-21-37/h3-7,9-14,16-23,25,27,41-42,44-45,47,49,51H,8,15,24,26,28-32H2,1-2H3,(H,48,52). The fraction of sp³-hybridized carbons (Fsp3) is 0.340. The number of carbonyl (C=O) groups is 1. The fourth-order valence-corrected chi connectivity index (χ4v) is 9.06. The summed E-state index contributed by atoms with van der Waals surface area (Å²) in [7, 11) is -2.21. The SMILES string of the molecule is COCC1CCCN1CC1CC(c2ccc(CO)cc2)OC(c2cccc(-c3cccc(CNC(=O)C(Cc4ccccc4)NS(=O)(=O)c4ccc(C)cc4)c3)c2)O1. The van der Waals surface area contributed by atoms with Crippen LogP contribution in [0.5, 0.6) is 0 Å². The first-order valence-corrected chi connectivity index (χ1v) is 21.5. The molecule has 2 aliphatic heterocycles. The highest BCUT2D eigenvalue weighted by molar-refractivity contribution is 7.89. The van der Waals surface area contributed by atoms with E-state index in [0.29, 0.717) is 19.1 Å². The Morgan fingerprint density at radius 3 is 2.31 bits per heavy atom. The molecule has 2 saturated heterocycles. The summed E-state index contributed by atoms with van der Waals surface area (Å²) in [5, 5.41) is 12.6. The van der Waals surface area contributed by atoms with E-state index in [4.69, 9.17) is 14.2 Å². The zero-order valence-corrected chi connectivity index (χ0v) is 33.9. The lowest BCUT2D eigenvalue weighted by Crippen LogP contribution is -2.47. The summed E-state index contributed by atoms with van der Waals surface area (Å²) in [5.41, 5.74) is 7.37. The van der Waals surface area contributed by atoms with Crippen LogP contribution in [0, 0.1) is 6.92 Å². The minimum atomic E-state index is -3.97. The summed E-state index contributed by atoms with van der Waals surface area (Å²) in [6.07, 6.45) is 2.29. The molecule has 5 atom stereocenters. The lowest BCUT2D eigenvalue weighted by molar-refractivity contribution is -0.253. The Kier molecular flexibility index (Phi) is 13.8. The minimum Gasteiger partial charge on any atom is -0.392 e. The minimum absolute atomic E-state index is 0.0127. The summed E-state index contributed by atoms with van der Waals surface area (Å²) in [6, 6.07) is 39.3. The van der Waals surface area contributed by atoms with Crippen LogP contribution in [0.3, 0.4) is 0 Å². The molecule has 58 heavy (non-hydrogen) atoms. The van der Waals surface area contributed by atoms with Gasteiger partial charge in [-0.05, 0) is 90.4 Å². The number of hydrogen-bond acceptors (Lipinski definition) is 8. The number of likely N-dealkylation sites (tertiary alicyclic amines) is 1. The lowest BCUT2D eigenvalue weighted by atomic mass is 9.98. The quantitative estimate of drug-likeness (QED) is 0.0973. The number of ether oxygens (including phenoxy) is 3. The number of methoxy groups -OCH3 is 1. The molecule has 2 aliphatic rings. The summed E-state index contributed by atoms with van der Waals surface area (Å²) in [4.78, 5) is 16.3. The molecular weight excluding hydrogens is 751 g/mol. The van der Waals surface area contributed by atoms with Crippen molar-refractivity contribution in [3.8, 4) is 11.1 Å². The molecule has 0 bridgehead atoms. The highest BCUT2D eigenvalue weighted by Crippen LogP contribution is 2.39. The molecule has 304 valence electrons. The van der Waals surface area contributed by atoms with E-state index in [9.17, 15) is 18.3 Å². The van der Waals surface area contributed by atoms with E-state index in [1.54, 1.807) is 31.4 Å². The molecule has 0 aliphatic carbocycles. The van der Waals surface area contributed by atoms with Crippen LogP contribution in [0.25, 0.3) is 11.1 Å². The second-order valence-electron chi connectivity index (χ2n) is 15.3. The van der Waals surface area contributed by atoms with Gasteiger partial charge in [-0.15, -0.1) is 0 Å². The van der Waals surface area contributed by atoms with E-state index < -0.39 is 28.3 Å². The highest BCUT2D eigenvalue weighted by Gasteiger charge is 2.36. The first kappa shape index (κ1) is 41.4. The number of rotatable bonds is 16. The first-order chi connectivity index (χ1) is 28.2. The maximum atomic E-state index is 13.7. The molecule has 11 heteroatoms. The molecule has 0 aromatic heterocycles. The third kappa shape index (κ3) is 10.7. The van der Waals surface area contributed by atoms with Crippen molar-refractivity contribution >= 4 is 15.9 Å². The van der Waals surface area contributed by atoms with Gasteiger partial charge in [0, 0.05) is 38.2 Å². The Balaban J connectivity index is 1.07. The Bertz CT molecular complexity index is 2220. The van der Waals surface area contributed by atoms with Gasteiger partial charge in [0.2, 0.25) is 15.9 Å². The second-order valence-corrected chi connectivity index (χ2v) is 17.0. The van der Waals surface area contributed by atoms with E-state index in [1.165, 1.54) is 0 Å². The van der Waals surface area contributed by atoms with Crippen LogP contribution in [0.2, 0.25) is 0 Å². The van der Waals surface area contributed by atoms with Gasteiger partial charge in [-0.1, -0.05) is 109 Å². The first-order valence-electron chi connectivity index (χ1n) is 20.0. The van der Waals surface area contributed by atoms with Crippen molar-refractivity contribution in [2.75, 3.05) is 26.8 Å². The van der Waals surface area contributed by atoms with Crippen LogP contribution in [0.1, 0.15) is 65.0 Å². The Morgan fingerprint density at radius 1 is 0.845 bits per heavy atom. The van der Waals surface area contributed by atoms with Gasteiger partial charge in [-0.2, -0.15) is 4.72 Å². The van der Waals surface area contributed by atoms with E-state index >= 15 is 0 Å². The zero-order valence-electron chi connectivity index (χ0n) is 33.1. The number of carbonyl (C=O) groups excluding carboxylic acids is 1. The monoisotopic (exact) mass is 803 g/mol. The highest BCUT2D eigenvalue weighted by atomic mass is 32.2. The normalized spacial score (nSPS) is 20.5. The summed E-state index contributed by atoms with van der Waals surface area (Å²) in [5.74, 6) is -0.420. The van der Waals surface area contributed by atoms with Crippen LogP contribution in [-0.2, 0) is 48.6 Å². The molecule has 0 radical (unpaired) electrons. The second kappa shape index (κ2) is 19.4. The number of hydrogen-bond donors (Lipinski definition) is 3. The van der Waals surface area contributed by atoms with E-state index in [2.05, 4.69) is 21.0 Å². The van der Waals surface area contributed by atoms with Crippen molar-refractivity contribution in [1.82, 2.24) is 14.9 Å². The van der Waals surface area contributed by atoms with Gasteiger partial charge in [0.1, 0.15) is 6.04 Å². The number of amides is 1. The summed E-state index contributed by atoms with van der Waals surface area (Å²) < 4.78 is 48.4. The van der Waals surface area contributed by atoms with Crippen LogP contribution >= 0.6 is 0 Å². The van der Waals surface area contributed by atoms with Crippen molar-refractivity contribution in [2.24, 2.45) is 0 Å². The topological polar surface area (TPSA) is 126 Å². The average molecular weight is 804 g/mol. The molecule has 0 spiro atoms. The molecule has 0 saturated carbocycles. The number of aliphatic hydroxyl groups is 1. The average Bonchev–Trinajstić information content (AvgIpc) is 3.69. The molecule has 3 N–H and O–H groups in total. The van der Waals surface area contributed by atoms with Crippen LogP contribution in [0.15, 0.2) is 132 Å². The van der Waals surface area contributed by atoms with Crippen molar-refractivity contribution in [2.45, 2.75) is 81.2 Å². The van der Waals surface area contributed by atoms with Crippen molar-refractivity contribution in [3.63, 3.8) is 0 Å². The molecule has 10 nitrogen and oxygen atoms in total. The van der Waals surface area contributed by atoms with E-state index in [1.807, 2.05) is 104 Å². The third-order valence-corrected chi connectivity index (χ3v) is 12.5. The predicted octanol–water partition coefficient (Wildman–Crippen LogP) is 7.02. The van der Waals surface area contributed by atoms with Gasteiger partial charge in [-0.25, -0.2) is 8.42 Å². The number of nitrogens with zero attached hydrogens (tertiary/aromatic N) is 1. The molecule has 2 fully saturated rings. The molecule has 7 rings (SSSR count). The zero-order chi connectivity index (χ0) is 40.5. The van der Waals surface area contributed by atoms with Gasteiger partial charge in [0.15, 0.2) is 6.29 Å². The number of benzene rings is 5. The number of nitrogens with one attached hydrogen (secondary N) is 2. The fourth-order valence-electron chi connectivity index (χ4n) is 7.86.